The lowest BCUT2D eigenvalue weighted by Crippen LogP contribution is -2.27. The number of hydrogen-bond acceptors (Lipinski definition) is 4. The molecule has 0 fully saturated rings. The predicted molar refractivity (Wildman–Crippen MR) is 178 cm³/mol. The van der Waals surface area contributed by atoms with Crippen LogP contribution in [0.5, 0.6) is 0 Å². The van der Waals surface area contributed by atoms with E-state index in [1.165, 1.54) is 167 Å². The van der Waals surface area contributed by atoms with Crippen LogP contribution in [0.4, 0.5) is 0 Å². The van der Waals surface area contributed by atoms with E-state index < -0.39 is 6.10 Å². The molecule has 1 N–H and O–H groups in total. The second-order valence-electron chi connectivity index (χ2n) is 12.7. The van der Waals surface area contributed by atoms with Crippen LogP contribution in [-0.4, -0.2) is 37.0 Å². The lowest BCUT2D eigenvalue weighted by Gasteiger charge is -2.16. The summed E-state index contributed by atoms with van der Waals surface area (Å²) in [4.78, 5) is 12.1. The van der Waals surface area contributed by atoms with Gasteiger partial charge in [-0.15, -0.1) is 0 Å². The Bertz CT molecular complexity index is 495. The number of hydrogen-bond donors (Lipinski definition) is 1. The van der Waals surface area contributed by atoms with Gasteiger partial charge in [-0.05, 0) is 12.8 Å². The summed E-state index contributed by atoms with van der Waals surface area (Å²) >= 11 is 0. The van der Waals surface area contributed by atoms with E-state index in [4.69, 9.17) is 9.47 Å². The van der Waals surface area contributed by atoms with Gasteiger partial charge in [-0.25, -0.2) is 0 Å². The van der Waals surface area contributed by atoms with Crippen LogP contribution in [0.15, 0.2) is 0 Å². The van der Waals surface area contributed by atoms with E-state index in [2.05, 4.69) is 13.8 Å². The lowest BCUT2D eigenvalue weighted by atomic mass is 10.0. The first-order chi connectivity index (χ1) is 20.2. The minimum atomic E-state index is -0.523. The number of aliphatic hydroxyl groups excluding tert-OH is 1. The monoisotopic (exact) mass is 583 g/mol. The second kappa shape index (κ2) is 35.6. The van der Waals surface area contributed by atoms with Gasteiger partial charge in [0.2, 0.25) is 0 Å². The van der Waals surface area contributed by atoms with E-state index >= 15 is 0 Å². The van der Waals surface area contributed by atoms with E-state index in [0.29, 0.717) is 19.6 Å². The molecule has 0 radical (unpaired) electrons. The number of aliphatic hydroxyl groups is 1. The van der Waals surface area contributed by atoms with Gasteiger partial charge in [0.05, 0.1) is 13.2 Å². The van der Waals surface area contributed by atoms with E-state index in [1.54, 1.807) is 0 Å². The Morgan fingerprint density at radius 2 is 0.805 bits per heavy atom. The van der Waals surface area contributed by atoms with E-state index in [9.17, 15) is 9.90 Å². The van der Waals surface area contributed by atoms with E-state index in [1.807, 2.05) is 0 Å². The molecular formula is C37H74O4. The normalized spacial score (nSPS) is 12.2. The third kappa shape index (κ3) is 33.8. The summed E-state index contributed by atoms with van der Waals surface area (Å²) < 4.78 is 11.1. The Labute approximate surface area is 257 Å². The van der Waals surface area contributed by atoms with Crippen LogP contribution >= 0.6 is 0 Å². The van der Waals surface area contributed by atoms with Crippen molar-refractivity contribution in [3.8, 4) is 0 Å². The summed E-state index contributed by atoms with van der Waals surface area (Å²) in [5, 5.41) is 9.55. The molecule has 0 saturated carbocycles. The lowest BCUT2D eigenvalue weighted by molar-refractivity contribution is -0.154. The third-order valence-electron chi connectivity index (χ3n) is 8.43. The molecule has 0 spiro atoms. The van der Waals surface area contributed by atoms with Gasteiger partial charge in [-0.2, -0.15) is 0 Å². The van der Waals surface area contributed by atoms with Crippen molar-refractivity contribution in [1.82, 2.24) is 0 Å². The van der Waals surface area contributed by atoms with Crippen LogP contribution in [-0.2, 0) is 14.3 Å². The van der Waals surface area contributed by atoms with Crippen LogP contribution in [0.1, 0.15) is 206 Å². The van der Waals surface area contributed by atoms with Gasteiger partial charge in [0.15, 0.2) is 0 Å². The highest BCUT2D eigenvalue weighted by Crippen LogP contribution is 2.15. The smallest absolute Gasteiger partial charge is 0.306 e. The van der Waals surface area contributed by atoms with Crippen molar-refractivity contribution in [3.05, 3.63) is 0 Å². The topological polar surface area (TPSA) is 55.8 Å². The highest BCUT2D eigenvalue weighted by Gasteiger charge is 2.13. The summed E-state index contributed by atoms with van der Waals surface area (Å²) in [7, 11) is 0. The summed E-state index contributed by atoms with van der Waals surface area (Å²) in [6, 6.07) is 0. The molecule has 1 unspecified atom stereocenters. The Hall–Kier alpha value is -0.610. The van der Waals surface area contributed by atoms with Crippen molar-refractivity contribution in [1.29, 1.82) is 0 Å². The Kier molecular flexibility index (Phi) is 35.1. The molecule has 0 aromatic carbocycles. The molecule has 1 atom stereocenters. The quantitative estimate of drug-likeness (QED) is 0.0596. The third-order valence-corrected chi connectivity index (χ3v) is 8.43. The van der Waals surface area contributed by atoms with Gasteiger partial charge in [-0.1, -0.05) is 187 Å². The summed E-state index contributed by atoms with van der Waals surface area (Å²) in [5.74, 6) is -0.196. The molecule has 4 heteroatoms. The van der Waals surface area contributed by atoms with Crippen molar-refractivity contribution in [2.24, 2.45) is 0 Å². The molecule has 0 aliphatic heterocycles. The Morgan fingerprint density at radius 1 is 0.488 bits per heavy atom. The van der Waals surface area contributed by atoms with Gasteiger partial charge in [0, 0.05) is 13.0 Å². The average Bonchev–Trinajstić information content (AvgIpc) is 2.98. The summed E-state index contributed by atoms with van der Waals surface area (Å²) in [6.07, 6.45) is 38.5. The van der Waals surface area contributed by atoms with Crippen LogP contribution in [0.3, 0.4) is 0 Å². The first-order valence-corrected chi connectivity index (χ1v) is 18.6. The van der Waals surface area contributed by atoms with Crippen LogP contribution in [0, 0.1) is 0 Å². The van der Waals surface area contributed by atoms with Crippen LogP contribution in [0.2, 0.25) is 0 Å². The van der Waals surface area contributed by atoms with E-state index in [-0.39, 0.29) is 12.6 Å². The Balaban J connectivity index is 3.38. The standard InChI is InChI=1S/C37H74O4/c1-3-5-7-9-11-13-15-17-19-20-22-24-26-28-30-32-37(39)41-36(34-38)35-40-33-31-29-27-25-23-21-18-16-14-12-10-8-6-4-2/h36,38H,3-35H2,1-2H3. The number of carbonyl (C=O) groups is 1. The molecule has 246 valence electrons. The van der Waals surface area contributed by atoms with Crippen molar-refractivity contribution >= 4 is 5.97 Å². The summed E-state index contributed by atoms with van der Waals surface area (Å²) in [5.41, 5.74) is 0. The van der Waals surface area contributed by atoms with Crippen molar-refractivity contribution < 1.29 is 19.4 Å². The van der Waals surface area contributed by atoms with Gasteiger partial charge in [0.1, 0.15) is 6.10 Å². The van der Waals surface area contributed by atoms with Gasteiger partial charge < -0.3 is 14.6 Å². The zero-order valence-corrected chi connectivity index (χ0v) is 28.1. The Morgan fingerprint density at radius 3 is 1.15 bits per heavy atom. The number of rotatable bonds is 35. The number of carbonyl (C=O) groups excluding carboxylic acids is 1. The van der Waals surface area contributed by atoms with Gasteiger partial charge in [0.25, 0.3) is 0 Å². The molecule has 0 aromatic heterocycles. The maximum Gasteiger partial charge on any atom is 0.306 e. The molecule has 0 aromatic rings. The SMILES string of the molecule is CCCCCCCCCCCCCCCCCC(=O)OC(CO)COCCCCCCCCCCCCCCCC. The first-order valence-electron chi connectivity index (χ1n) is 18.6. The molecular weight excluding hydrogens is 508 g/mol. The molecule has 41 heavy (non-hydrogen) atoms. The maximum absolute atomic E-state index is 12.1. The first kappa shape index (κ1) is 40.4. The molecule has 0 heterocycles. The summed E-state index contributed by atoms with van der Waals surface area (Å²) in [6.45, 7) is 5.38. The fourth-order valence-corrected chi connectivity index (χ4v) is 5.62. The second-order valence-corrected chi connectivity index (χ2v) is 12.7. The van der Waals surface area contributed by atoms with Gasteiger partial charge >= 0.3 is 5.97 Å². The molecule has 0 amide bonds. The van der Waals surface area contributed by atoms with Crippen molar-refractivity contribution in [2.45, 2.75) is 213 Å². The van der Waals surface area contributed by atoms with E-state index in [0.717, 1.165) is 19.3 Å². The fraction of sp³-hybridized carbons (Fsp3) is 0.973. The number of ether oxygens (including phenoxy) is 2. The zero-order valence-electron chi connectivity index (χ0n) is 28.1. The molecule has 0 saturated heterocycles. The highest BCUT2D eigenvalue weighted by molar-refractivity contribution is 5.69. The molecule has 0 bridgehead atoms. The molecule has 0 rings (SSSR count). The fourth-order valence-electron chi connectivity index (χ4n) is 5.62. The minimum absolute atomic E-state index is 0.163. The van der Waals surface area contributed by atoms with Crippen molar-refractivity contribution in [3.63, 3.8) is 0 Å². The average molecular weight is 583 g/mol. The minimum Gasteiger partial charge on any atom is -0.457 e. The maximum atomic E-state index is 12.1. The number of unbranched alkanes of at least 4 members (excludes halogenated alkanes) is 27. The number of esters is 1. The van der Waals surface area contributed by atoms with Crippen LogP contribution < -0.4 is 0 Å². The molecule has 0 aliphatic rings. The van der Waals surface area contributed by atoms with Crippen LogP contribution in [0.25, 0.3) is 0 Å². The molecule has 0 aliphatic carbocycles. The zero-order chi connectivity index (χ0) is 29.9. The highest BCUT2D eigenvalue weighted by atomic mass is 16.6. The molecule has 4 nitrogen and oxygen atoms in total. The predicted octanol–water partition coefficient (Wildman–Crippen LogP) is 11.6. The van der Waals surface area contributed by atoms with Crippen molar-refractivity contribution in [2.75, 3.05) is 19.8 Å². The largest absolute Gasteiger partial charge is 0.457 e. The van der Waals surface area contributed by atoms with Gasteiger partial charge in [-0.3, -0.25) is 4.79 Å².